The zero-order valence-electron chi connectivity index (χ0n) is 11.7. The number of unbranched alkanes of at least 4 members (excludes halogenated alkanes) is 1. The summed E-state index contributed by atoms with van der Waals surface area (Å²) in [6.07, 6.45) is 6.87. The minimum Gasteiger partial charge on any atom is -0.352 e. The highest BCUT2D eigenvalue weighted by Crippen LogP contribution is 2.42. The summed E-state index contributed by atoms with van der Waals surface area (Å²) in [5, 5.41) is 3.26. The number of hydrogen-bond acceptors (Lipinski definition) is 1. The number of carbonyl (C=O) groups is 1. The summed E-state index contributed by atoms with van der Waals surface area (Å²) in [5.41, 5.74) is 2.82. The van der Waals surface area contributed by atoms with Crippen LogP contribution in [0.5, 0.6) is 0 Å². The first-order valence-corrected chi connectivity index (χ1v) is 7.65. The highest BCUT2D eigenvalue weighted by atomic mass is 16.2. The number of nitrogens with one attached hydrogen (secondary N) is 1. The van der Waals surface area contributed by atoms with E-state index in [1.165, 1.54) is 30.4 Å². The quantitative estimate of drug-likeness (QED) is 0.863. The molecule has 0 spiro atoms. The lowest BCUT2D eigenvalue weighted by molar-refractivity contribution is -0.123. The molecule has 102 valence electrons. The molecule has 1 N–H and O–H groups in total. The molecule has 19 heavy (non-hydrogen) atoms. The van der Waals surface area contributed by atoms with Gasteiger partial charge < -0.3 is 5.32 Å². The molecule has 2 aliphatic rings. The predicted molar refractivity (Wildman–Crippen MR) is 76.9 cm³/mol. The van der Waals surface area contributed by atoms with Crippen molar-refractivity contribution >= 4 is 5.91 Å². The van der Waals surface area contributed by atoms with Gasteiger partial charge in [-0.2, -0.15) is 0 Å². The Morgan fingerprint density at radius 1 is 1.26 bits per heavy atom. The second-order valence-electron chi connectivity index (χ2n) is 6.13. The highest BCUT2D eigenvalue weighted by molar-refractivity contribution is 5.82. The monoisotopic (exact) mass is 257 g/mol. The van der Waals surface area contributed by atoms with E-state index in [0.29, 0.717) is 23.8 Å². The van der Waals surface area contributed by atoms with Crippen LogP contribution in [0.2, 0.25) is 0 Å². The van der Waals surface area contributed by atoms with E-state index in [-0.39, 0.29) is 0 Å². The molecule has 1 amide bonds. The maximum Gasteiger partial charge on any atom is 0.223 e. The summed E-state index contributed by atoms with van der Waals surface area (Å²) in [7, 11) is 0. The van der Waals surface area contributed by atoms with Gasteiger partial charge in [-0.1, -0.05) is 44.0 Å². The molecule has 2 atom stereocenters. The van der Waals surface area contributed by atoms with Gasteiger partial charge in [-0.3, -0.25) is 4.79 Å². The summed E-state index contributed by atoms with van der Waals surface area (Å²) in [6, 6.07) is 8.87. The van der Waals surface area contributed by atoms with Gasteiger partial charge >= 0.3 is 0 Å². The third kappa shape index (κ3) is 2.83. The number of fused-ring (bicyclic) bond motifs is 1. The van der Waals surface area contributed by atoms with E-state index in [9.17, 15) is 4.79 Å². The van der Waals surface area contributed by atoms with E-state index in [2.05, 4.69) is 36.5 Å². The van der Waals surface area contributed by atoms with Gasteiger partial charge in [0.25, 0.3) is 0 Å². The first kappa shape index (κ1) is 12.7. The lowest BCUT2D eigenvalue weighted by Gasteiger charge is -2.11. The molecule has 3 rings (SSSR count). The lowest BCUT2D eigenvalue weighted by atomic mass is 10.1. The predicted octanol–water partition coefficient (Wildman–Crippen LogP) is 3.10. The van der Waals surface area contributed by atoms with Gasteiger partial charge in [-0.15, -0.1) is 0 Å². The average molecular weight is 257 g/mol. The van der Waals surface area contributed by atoms with Crippen LogP contribution in [-0.2, 0) is 17.6 Å². The third-order valence-electron chi connectivity index (χ3n) is 4.59. The normalized spacial score (nSPS) is 25.1. The van der Waals surface area contributed by atoms with Crippen LogP contribution in [-0.4, -0.2) is 11.9 Å². The Morgan fingerprint density at radius 3 is 2.58 bits per heavy atom. The van der Waals surface area contributed by atoms with Gasteiger partial charge in [0.15, 0.2) is 0 Å². The summed E-state index contributed by atoms with van der Waals surface area (Å²) >= 11 is 0. The highest BCUT2D eigenvalue weighted by Gasteiger charge is 2.42. The molecule has 1 aromatic carbocycles. The van der Waals surface area contributed by atoms with Gasteiger partial charge in [0.1, 0.15) is 0 Å². The summed E-state index contributed by atoms with van der Waals surface area (Å²) < 4.78 is 0. The Balaban J connectivity index is 1.48. The van der Waals surface area contributed by atoms with Crippen LogP contribution in [0.4, 0.5) is 0 Å². The molecule has 1 fully saturated rings. The van der Waals surface area contributed by atoms with Crippen LogP contribution in [0.15, 0.2) is 24.3 Å². The first-order chi connectivity index (χ1) is 9.28. The van der Waals surface area contributed by atoms with Crippen molar-refractivity contribution in [3.8, 4) is 0 Å². The Labute approximate surface area is 115 Å². The van der Waals surface area contributed by atoms with Crippen molar-refractivity contribution in [1.82, 2.24) is 5.32 Å². The third-order valence-corrected chi connectivity index (χ3v) is 4.59. The molecule has 2 aliphatic carbocycles. The first-order valence-electron chi connectivity index (χ1n) is 7.65. The number of benzene rings is 1. The fraction of sp³-hybridized carbons (Fsp3) is 0.588. The van der Waals surface area contributed by atoms with Crippen molar-refractivity contribution in [3.63, 3.8) is 0 Å². The molecule has 0 aromatic heterocycles. The minimum atomic E-state index is 0.305. The van der Waals surface area contributed by atoms with Gasteiger partial charge in [0.2, 0.25) is 5.91 Å². The Hall–Kier alpha value is -1.31. The van der Waals surface area contributed by atoms with Crippen LogP contribution >= 0.6 is 0 Å². The molecule has 0 aliphatic heterocycles. The van der Waals surface area contributed by atoms with Gasteiger partial charge in [0.05, 0.1) is 0 Å². The van der Waals surface area contributed by atoms with Gasteiger partial charge in [0, 0.05) is 12.0 Å². The second-order valence-corrected chi connectivity index (χ2v) is 6.13. The standard InChI is InChI=1S/C17H23NO/c1-2-3-6-14-11-16(14)17(19)18-15-9-12-7-4-5-8-13(12)10-15/h4-5,7-8,14-16H,2-3,6,9-11H2,1H3,(H,18,19). The smallest absolute Gasteiger partial charge is 0.223 e. The molecule has 2 heteroatoms. The van der Waals surface area contributed by atoms with E-state index in [1.54, 1.807) is 0 Å². The number of rotatable bonds is 5. The summed E-state index contributed by atoms with van der Waals surface area (Å²) in [6.45, 7) is 2.22. The fourth-order valence-electron chi connectivity index (χ4n) is 3.32. The average Bonchev–Trinajstić information content (AvgIpc) is 3.08. The van der Waals surface area contributed by atoms with Crippen molar-refractivity contribution in [3.05, 3.63) is 35.4 Å². The summed E-state index contributed by atoms with van der Waals surface area (Å²) in [5.74, 6) is 1.29. The SMILES string of the molecule is CCCCC1CC1C(=O)NC1Cc2ccccc2C1. The zero-order valence-corrected chi connectivity index (χ0v) is 11.7. The van der Waals surface area contributed by atoms with Crippen molar-refractivity contribution < 1.29 is 4.79 Å². The number of hydrogen-bond donors (Lipinski definition) is 1. The molecular formula is C17H23NO. The zero-order chi connectivity index (χ0) is 13.2. The Kier molecular flexibility index (Phi) is 3.58. The van der Waals surface area contributed by atoms with E-state index in [0.717, 1.165) is 19.3 Å². The van der Waals surface area contributed by atoms with Crippen molar-refractivity contribution in [1.29, 1.82) is 0 Å². The molecule has 0 saturated heterocycles. The topological polar surface area (TPSA) is 29.1 Å². The largest absolute Gasteiger partial charge is 0.352 e. The van der Waals surface area contributed by atoms with E-state index < -0.39 is 0 Å². The van der Waals surface area contributed by atoms with Crippen LogP contribution in [0.3, 0.4) is 0 Å². The maximum atomic E-state index is 12.2. The lowest BCUT2D eigenvalue weighted by Crippen LogP contribution is -2.36. The Morgan fingerprint density at radius 2 is 1.95 bits per heavy atom. The van der Waals surface area contributed by atoms with Crippen LogP contribution < -0.4 is 5.32 Å². The van der Waals surface area contributed by atoms with Crippen molar-refractivity contribution in [2.24, 2.45) is 11.8 Å². The van der Waals surface area contributed by atoms with Crippen LogP contribution in [0.25, 0.3) is 0 Å². The molecule has 2 nitrogen and oxygen atoms in total. The second kappa shape index (κ2) is 5.36. The number of amides is 1. The van der Waals surface area contributed by atoms with Crippen LogP contribution in [0, 0.1) is 11.8 Å². The summed E-state index contributed by atoms with van der Waals surface area (Å²) in [4.78, 5) is 12.2. The Bertz CT molecular complexity index is 443. The van der Waals surface area contributed by atoms with Crippen molar-refractivity contribution in [2.75, 3.05) is 0 Å². The van der Waals surface area contributed by atoms with E-state index in [4.69, 9.17) is 0 Å². The number of carbonyl (C=O) groups excluding carboxylic acids is 1. The molecular weight excluding hydrogens is 234 g/mol. The van der Waals surface area contributed by atoms with Gasteiger partial charge in [-0.25, -0.2) is 0 Å². The molecule has 0 bridgehead atoms. The fourth-order valence-corrected chi connectivity index (χ4v) is 3.32. The molecule has 2 unspecified atom stereocenters. The maximum absolute atomic E-state index is 12.2. The molecule has 1 saturated carbocycles. The minimum absolute atomic E-state index is 0.305. The van der Waals surface area contributed by atoms with Crippen molar-refractivity contribution in [2.45, 2.75) is 51.5 Å². The van der Waals surface area contributed by atoms with E-state index in [1.807, 2.05) is 0 Å². The molecule has 0 radical (unpaired) electrons. The van der Waals surface area contributed by atoms with Crippen LogP contribution in [0.1, 0.15) is 43.7 Å². The van der Waals surface area contributed by atoms with E-state index >= 15 is 0 Å². The molecule has 1 aromatic rings. The van der Waals surface area contributed by atoms with Gasteiger partial charge in [-0.05, 0) is 42.7 Å². The molecule has 0 heterocycles.